The van der Waals surface area contributed by atoms with Crippen LogP contribution in [0, 0.1) is 0 Å². The molecule has 1 saturated heterocycles. The minimum absolute atomic E-state index is 0.638. The average Bonchev–Trinajstić information content (AvgIpc) is 2.61. The number of rotatable bonds is 5. The van der Waals surface area contributed by atoms with E-state index in [9.17, 15) is 0 Å². The Labute approximate surface area is 94.8 Å². The van der Waals surface area contributed by atoms with Gasteiger partial charge in [-0.2, -0.15) is 0 Å². The van der Waals surface area contributed by atoms with E-state index in [2.05, 4.69) is 50.0 Å². The third kappa shape index (κ3) is 3.16. The maximum absolute atomic E-state index is 3.60. The number of nitrogens with zero attached hydrogens (tertiary/aromatic N) is 2. The summed E-state index contributed by atoms with van der Waals surface area (Å²) in [5.41, 5.74) is 0. The van der Waals surface area contributed by atoms with E-state index in [0.717, 1.165) is 12.6 Å². The van der Waals surface area contributed by atoms with Crippen LogP contribution < -0.4 is 5.32 Å². The molecule has 90 valence electrons. The van der Waals surface area contributed by atoms with Gasteiger partial charge < -0.3 is 10.2 Å². The first-order valence-corrected chi connectivity index (χ1v) is 6.24. The second-order valence-electron chi connectivity index (χ2n) is 4.91. The third-order valence-electron chi connectivity index (χ3n) is 3.66. The Hall–Kier alpha value is -0.120. The molecule has 0 aromatic rings. The van der Waals surface area contributed by atoms with Gasteiger partial charge in [0.2, 0.25) is 0 Å². The van der Waals surface area contributed by atoms with Gasteiger partial charge in [-0.25, -0.2) is 0 Å². The summed E-state index contributed by atoms with van der Waals surface area (Å²) < 4.78 is 0. The maximum Gasteiger partial charge on any atom is 0.0383 e. The highest BCUT2D eigenvalue weighted by Gasteiger charge is 2.34. The molecular formula is C12H27N3. The molecule has 0 spiro atoms. The molecule has 0 aliphatic carbocycles. The summed E-state index contributed by atoms with van der Waals surface area (Å²) >= 11 is 0. The molecule has 1 N–H and O–H groups in total. The van der Waals surface area contributed by atoms with E-state index in [1.165, 1.54) is 19.5 Å². The van der Waals surface area contributed by atoms with Crippen LogP contribution in [0.1, 0.15) is 27.2 Å². The van der Waals surface area contributed by atoms with Crippen molar-refractivity contribution in [3.05, 3.63) is 0 Å². The van der Waals surface area contributed by atoms with E-state index >= 15 is 0 Å². The second-order valence-corrected chi connectivity index (χ2v) is 4.91. The maximum atomic E-state index is 3.60. The van der Waals surface area contributed by atoms with Gasteiger partial charge in [0.25, 0.3) is 0 Å². The van der Waals surface area contributed by atoms with Crippen molar-refractivity contribution in [3.63, 3.8) is 0 Å². The zero-order chi connectivity index (χ0) is 11.4. The summed E-state index contributed by atoms with van der Waals surface area (Å²) in [5.74, 6) is 0. The largest absolute Gasteiger partial charge is 0.311 e. The van der Waals surface area contributed by atoms with Gasteiger partial charge >= 0.3 is 0 Å². The Morgan fingerprint density at radius 1 is 1.33 bits per heavy atom. The molecule has 1 rings (SSSR count). The van der Waals surface area contributed by atoms with Gasteiger partial charge in [0, 0.05) is 31.2 Å². The first-order chi connectivity index (χ1) is 7.10. The zero-order valence-corrected chi connectivity index (χ0v) is 11.0. The molecule has 1 unspecified atom stereocenters. The van der Waals surface area contributed by atoms with Gasteiger partial charge in [-0.3, -0.25) is 4.90 Å². The monoisotopic (exact) mass is 213 g/mol. The van der Waals surface area contributed by atoms with Gasteiger partial charge in [-0.15, -0.1) is 0 Å². The van der Waals surface area contributed by atoms with Crippen LogP contribution >= 0.6 is 0 Å². The van der Waals surface area contributed by atoms with Crippen molar-refractivity contribution in [2.24, 2.45) is 0 Å². The molecule has 0 aromatic carbocycles. The Morgan fingerprint density at radius 3 is 2.47 bits per heavy atom. The van der Waals surface area contributed by atoms with Crippen molar-refractivity contribution in [2.45, 2.75) is 45.3 Å². The molecule has 3 atom stereocenters. The lowest BCUT2D eigenvalue weighted by Gasteiger charge is -2.25. The molecule has 0 aromatic heterocycles. The van der Waals surface area contributed by atoms with E-state index < -0.39 is 0 Å². The Morgan fingerprint density at radius 2 is 2.00 bits per heavy atom. The fourth-order valence-corrected chi connectivity index (χ4v) is 2.42. The van der Waals surface area contributed by atoms with Crippen LogP contribution in [0.15, 0.2) is 0 Å². The summed E-state index contributed by atoms with van der Waals surface area (Å²) in [4.78, 5) is 4.97. The quantitative estimate of drug-likeness (QED) is 0.735. The highest BCUT2D eigenvalue weighted by atomic mass is 15.3. The van der Waals surface area contributed by atoms with Crippen molar-refractivity contribution in [3.8, 4) is 0 Å². The molecule has 1 fully saturated rings. The van der Waals surface area contributed by atoms with Gasteiger partial charge in [-0.1, -0.05) is 13.8 Å². The van der Waals surface area contributed by atoms with Gasteiger partial charge in [0.15, 0.2) is 0 Å². The van der Waals surface area contributed by atoms with Crippen LogP contribution in [0.3, 0.4) is 0 Å². The van der Waals surface area contributed by atoms with E-state index in [0.29, 0.717) is 12.1 Å². The van der Waals surface area contributed by atoms with Crippen molar-refractivity contribution >= 4 is 0 Å². The lowest BCUT2D eigenvalue weighted by atomic mass is 10.1. The minimum Gasteiger partial charge on any atom is -0.311 e. The SMILES string of the molecule is CCN[C@H]1CN(C(C)CC)C[C@H]1N(C)C. The molecular weight excluding hydrogens is 186 g/mol. The minimum atomic E-state index is 0.638. The van der Waals surface area contributed by atoms with Gasteiger partial charge in [-0.05, 0) is 34.0 Å². The highest BCUT2D eigenvalue weighted by molar-refractivity contribution is 4.95. The van der Waals surface area contributed by atoms with Crippen molar-refractivity contribution in [2.75, 3.05) is 33.7 Å². The predicted molar refractivity (Wildman–Crippen MR) is 66.3 cm³/mol. The number of likely N-dealkylation sites (N-methyl/N-ethyl adjacent to an activating group) is 2. The first kappa shape index (κ1) is 12.9. The van der Waals surface area contributed by atoms with Crippen molar-refractivity contribution in [1.29, 1.82) is 0 Å². The van der Waals surface area contributed by atoms with Crippen LogP contribution in [-0.4, -0.2) is 61.7 Å². The van der Waals surface area contributed by atoms with Crippen molar-refractivity contribution in [1.82, 2.24) is 15.1 Å². The van der Waals surface area contributed by atoms with Gasteiger partial charge in [0.05, 0.1) is 0 Å². The number of nitrogens with one attached hydrogen (secondary N) is 1. The summed E-state index contributed by atoms with van der Waals surface area (Å²) in [6.07, 6.45) is 1.25. The first-order valence-electron chi connectivity index (χ1n) is 6.24. The number of hydrogen-bond donors (Lipinski definition) is 1. The molecule has 1 heterocycles. The van der Waals surface area contributed by atoms with Crippen LogP contribution in [-0.2, 0) is 0 Å². The molecule has 3 nitrogen and oxygen atoms in total. The second kappa shape index (κ2) is 5.83. The smallest absolute Gasteiger partial charge is 0.0383 e. The Balaban J connectivity index is 2.56. The third-order valence-corrected chi connectivity index (χ3v) is 3.66. The molecule has 1 aliphatic rings. The number of likely N-dealkylation sites (tertiary alicyclic amines) is 1. The molecule has 0 saturated carbocycles. The normalized spacial score (nSPS) is 30.0. The lowest BCUT2D eigenvalue weighted by Crippen LogP contribution is -2.46. The van der Waals surface area contributed by atoms with Gasteiger partial charge in [0.1, 0.15) is 0 Å². The molecule has 0 bridgehead atoms. The van der Waals surface area contributed by atoms with Crippen LogP contribution in [0.2, 0.25) is 0 Å². The summed E-state index contributed by atoms with van der Waals surface area (Å²) in [5, 5.41) is 3.60. The zero-order valence-electron chi connectivity index (χ0n) is 11.0. The lowest BCUT2D eigenvalue weighted by molar-refractivity contribution is 0.221. The number of hydrogen-bond acceptors (Lipinski definition) is 3. The molecule has 15 heavy (non-hydrogen) atoms. The Bertz CT molecular complexity index is 182. The summed E-state index contributed by atoms with van der Waals surface area (Å²) in [6, 6.07) is 2.02. The van der Waals surface area contributed by atoms with Crippen LogP contribution in [0.25, 0.3) is 0 Å². The summed E-state index contributed by atoms with van der Waals surface area (Å²) in [6.45, 7) is 10.3. The predicted octanol–water partition coefficient (Wildman–Crippen LogP) is 1.01. The summed E-state index contributed by atoms with van der Waals surface area (Å²) in [7, 11) is 4.38. The van der Waals surface area contributed by atoms with E-state index in [1.54, 1.807) is 0 Å². The van der Waals surface area contributed by atoms with Crippen molar-refractivity contribution < 1.29 is 0 Å². The molecule has 0 amide bonds. The topological polar surface area (TPSA) is 18.5 Å². The van der Waals surface area contributed by atoms with E-state index in [1.807, 2.05) is 0 Å². The van der Waals surface area contributed by atoms with E-state index in [4.69, 9.17) is 0 Å². The van der Waals surface area contributed by atoms with Crippen LogP contribution in [0.4, 0.5) is 0 Å². The fourth-order valence-electron chi connectivity index (χ4n) is 2.42. The Kier molecular flexibility index (Phi) is 5.03. The van der Waals surface area contributed by atoms with Crippen LogP contribution in [0.5, 0.6) is 0 Å². The highest BCUT2D eigenvalue weighted by Crippen LogP contribution is 2.18. The molecule has 0 radical (unpaired) electrons. The average molecular weight is 213 g/mol. The standard InChI is InChI=1S/C12H27N3/c1-6-10(3)15-8-11(13-7-2)12(9-15)14(4)5/h10-13H,6-9H2,1-5H3/t10?,11-,12+/m0/s1. The van der Waals surface area contributed by atoms with E-state index in [-0.39, 0.29) is 0 Å². The molecule has 1 aliphatic heterocycles. The fraction of sp³-hybridized carbons (Fsp3) is 1.00. The molecule has 3 heteroatoms.